The fraction of sp³-hybridized carbons (Fsp3) is 0.333. The van der Waals surface area contributed by atoms with Crippen LogP contribution in [0.3, 0.4) is 0 Å². The van der Waals surface area contributed by atoms with Crippen molar-refractivity contribution in [2.45, 2.75) is 25.1 Å². The second kappa shape index (κ2) is 9.79. The smallest absolute Gasteiger partial charge is 0.419 e. The van der Waals surface area contributed by atoms with Crippen LogP contribution >= 0.6 is 15.9 Å². The summed E-state index contributed by atoms with van der Waals surface area (Å²) < 4.78 is 85.3. The van der Waals surface area contributed by atoms with Gasteiger partial charge < -0.3 is 15.4 Å². The molecule has 2 saturated carbocycles. The third kappa shape index (κ3) is 4.70. The van der Waals surface area contributed by atoms with E-state index in [-0.39, 0.29) is 28.8 Å². The van der Waals surface area contributed by atoms with Crippen molar-refractivity contribution in [2.24, 2.45) is 17.8 Å². The summed E-state index contributed by atoms with van der Waals surface area (Å²) in [5.74, 6) is -7.12. The van der Waals surface area contributed by atoms with Crippen LogP contribution in [0.25, 0.3) is 0 Å². The Morgan fingerprint density at radius 3 is 2.33 bits per heavy atom. The number of rotatable bonds is 5. The summed E-state index contributed by atoms with van der Waals surface area (Å²) in [6, 6.07) is 2.74. The molecular formula is C24H19BrF6N2O3. The number of alkyl halides is 3. The van der Waals surface area contributed by atoms with Crippen molar-refractivity contribution < 1.29 is 40.7 Å². The lowest BCUT2D eigenvalue weighted by Crippen LogP contribution is -2.48. The molecule has 4 rings (SSSR count). The molecule has 2 aliphatic carbocycles. The Bertz CT molecular complexity index is 1250. The van der Waals surface area contributed by atoms with Crippen LogP contribution in [0.15, 0.2) is 40.9 Å². The number of hydrogen-bond donors (Lipinski definition) is 2. The molecule has 2 aromatic rings. The van der Waals surface area contributed by atoms with Crippen LogP contribution < -0.4 is 15.4 Å². The molecule has 12 heteroatoms. The fourth-order valence-electron chi connectivity index (χ4n) is 5.09. The fourth-order valence-corrected chi connectivity index (χ4v) is 5.77. The molecule has 0 aliphatic heterocycles. The first-order valence-corrected chi connectivity index (χ1v) is 11.7. The molecule has 192 valence electrons. The number of fused-ring (bicyclic) bond motifs is 2. The van der Waals surface area contributed by atoms with Gasteiger partial charge in [-0.1, -0.05) is 21.5 Å². The number of halogens is 7. The number of nitrogens with one attached hydrogen (secondary N) is 2. The summed E-state index contributed by atoms with van der Waals surface area (Å²) in [5, 5.41) is 5.10. The lowest BCUT2D eigenvalue weighted by molar-refractivity contribution is -0.140. The molecule has 5 nitrogen and oxygen atoms in total. The van der Waals surface area contributed by atoms with E-state index in [0.717, 1.165) is 17.7 Å². The monoisotopic (exact) mass is 576 g/mol. The molecule has 0 saturated heterocycles. The first-order chi connectivity index (χ1) is 17.0. The number of anilines is 1. The second-order valence-corrected chi connectivity index (χ2v) is 9.03. The van der Waals surface area contributed by atoms with Gasteiger partial charge >= 0.3 is 6.18 Å². The molecule has 4 atom stereocenters. The lowest BCUT2D eigenvalue weighted by Gasteiger charge is -2.30. The maximum Gasteiger partial charge on any atom is 0.419 e. The molecule has 0 spiro atoms. The minimum atomic E-state index is -4.96. The van der Waals surface area contributed by atoms with E-state index in [0.29, 0.717) is 31.0 Å². The summed E-state index contributed by atoms with van der Waals surface area (Å²) in [7, 11) is 1.18. The van der Waals surface area contributed by atoms with Crippen molar-refractivity contribution in [3.8, 4) is 5.75 Å². The topological polar surface area (TPSA) is 67.4 Å². The van der Waals surface area contributed by atoms with E-state index in [1.807, 2.05) is 0 Å². The van der Waals surface area contributed by atoms with E-state index in [2.05, 4.69) is 26.6 Å². The van der Waals surface area contributed by atoms with Crippen LogP contribution in [0.1, 0.15) is 28.8 Å². The zero-order chi connectivity index (χ0) is 26.4. The van der Waals surface area contributed by atoms with Crippen LogP contribution in [-0.4, -0.2) is 25.0 Å². The first-order valence-electron chi connectivity index (χ1n) is 10.8. The van der Waals surface area contributed by atoms with Crippen molar-refractivity contribution in [1.82, 2.24) is 5.32 Å². The Kier molecular flexibility index (Phi) is 7.09. The summed E-state index contributed by atoms with van der Waals surface area (Å²) in [6.45, 7) is 0. The van der Waals surface area contributed by atoms with Gasteiger partial charge in [0.2, 0.25) is 5.91 Å². The van der Waals surface area contributed by atoms with Gasteiger partial charge in [-0.3, -0.25) is 9.59 Å². The summed E-state index contributed by atoms with van der Waals surface area (Å²) >= 11 is 3.27. The molecule has 36 heavy (non-hydrogen) atoms. The number of carbonyl (C=O) groups excluding carboxylic acids is 2. The van der Waals surface area contributed by atoms with E-state index in [9.17, 15) is 35.9 Å². The molecule has 2 aromatic carbocycles. The molecule has 2 amide bonds. The third-order valence-electron chi connectivity index (χ3n) is 6.65. The Labute approximate surface area is 210 Å². The number of hydrogen-bond acceptors (Lipinski definition) is 3. The van der Waals surface area contributed by atoms with Crippen LogP contribution in [-0.2, 0) is 11.0 Å². The molecule has 0 heterocycles. The average Bonchev–Trinajstić information content (AvgIpc) is 3.36. The maximum absolute atomic E-state index is 13.8. The Morgan fingerprint density at radius 2 is 1.69 bits per heavy atom. The van der Waals surface area contributed by atoms with E-state index in [1.165, 1.54) is 7.11 Å². The van der Waals surface area contributed by atoms with Gasteiger partial charge in [-0.2, -0.15) is 13.2 Å². The standard InChI is InChI=1S/C24H19BrF6N2O3/c1-36-19-8-18(28)17(27)7-13(19)22(34)33-21-12-4-3-11(14(12)9-25)20(21)23(35)32-10-2-5-16(26)15(6-10)24(29,30)31/h2,5-9,11-12,20-21H,3-4H2,1H3,(H,32,35)(H,33,34)/b14-9+/t11?,12?,20-,21+/m0/s1. The van der Waals surface area contributed by atoms with E-state index in [1.54, 1.807) is 4.99 Å². The third-order valence-corrected chi connectivity index (χ3v) is 7.18. The van der Waals surface area contributed by atoms with Crippen LogP contribution in [0, 0.1) is 35.2 Å². The van der Waals surface area contributed by atoms with Crippen LogP contribution in [0.5, 0.6) is 5.75 Å². The SMILES string of the molecule is COc1cc(F)c(F)cc1C(=O)N[C@@H]1C2CCC(/C2=C\Br)[C@@H]1C(=O)Nc1ccc(F)c(C(F)(F)F)c1. The summed E-state index contributed by atoms with van der Waals surface area (Å²) in [5.41, 5.74) is -1.22. The molecular weight excluding hydrogens is 558 g/mol. The van der Waals surface area contributed by atoms with Gasteiger partial charge in [0, 0.05) is 23.7 Å². The van der Waals surface area contributed by atoms with Gasteiger partial charge in [-0.15, -0.1) is 0 Å². The van der Waals surface area contributed by atoms with Crippen molar-refractivity contribution >= 4 is 33.4 Å². The lowest BCUT2D eigenvalue weighted by atomic mass is 9.83. The highest BCUT2D eigenvalue weighted by Gasteiger charge is 2.54. The van der Waals surface area contributed by atoms with Crippen molar-refractivity contribution in [2.75, 3.05) is 12.4 Å². The Morgan fingerprint density at radius 1 is 1.03 bits per heavy atom. The predicted molar refractivity (Wildman–Crippen MR) is 121 cm³/mol. The highest BCUT2D eigenvalue weighted by Crippen LogP contribution is 2.53. The number of ether oxygens (including phenoxy) is 1. The van der Waals surface area contributed by atoms with Gasteiger partial charge in [0.15, 0.2) is 11.6 Å². The highest BCUT2D eigenvalue weighted by molar-refractivity contribution is 9.11. The molecule has 0 aromatic heterocycles. The van der Waals surface area contributed by atoms with E-state index in [4.69, 9.17) is 4.74 Å². The van der Waals surface area contributed by atoms with Crippen molar-refractivity contribution in [1.29, 1.82) is 0 Å². The van der Waals surface area contributed by atoms with Gasteiger partial charge in [-0.05, 0) is 48.0 Å². The number of methoxy groups -OCH3 is 1. The van der Waals surface area contributed by atoms with Gasteiger partial charge in [0.05, 0.1) is 24.2 Å². The highest BCUT2D eigenvalue weighted by atomic mass is 79.9. The zero-order valence-electron chi connectivity index (χ0n) is 18.6. The molecule has 2 unspecified atom stereocenters. The van der Waals surface area contributed by atoms with Crippen molar-refractivity contribution in [3.63, 3.8) is 0 Å². The first kappa shape index (κ1) is 26.1. The van der Waals surface area contributed by atoms with Crippen LogP contribution in [0.4, 0.5) is 32.0 Å². The van der Waals surface area contributed by atoms with Crippen LogP contribution in [0.2, 0.25) is 0 Å². The molecule has 0 radical (unpaired) electrons. The summed E-state index contributed by atoms with van der Waals surface area (Å²) in [4.78, 5) is 27.9. The number of benzene rings is 2. The molecule has 2 N–H and O–H groups in total. The van der Waals surface area contributed by atoms with E-state index < -0.39 is 53.0 Å². The normalized spacial score (nSPS) is 24.2. The summed E-state index contributed by atoms with van der Waals surface area (Å²) in [6.07, 6.45) is -3.73. The zero-order valence-corrected chi connectivity index (χ0v) is 20.1. The molecule has 2 bridgehead atoms. The minimum Gasteiger partial charge on any atom is -0.496 e. The van der Waals surface area contributed by atoms with E-state index >= 15 is 0 Å². The quantitative estimate of drug-likeness (QED) is 0.442. The Balaban J connectivity index is 1.62. The number of carbonyl (C=O) groups is 2. The number of amides is 2. The largest absolute Gasteiger partial charge is 0.496 e. The average molecular weight is 577 g/mol. The predicted octanol–water partition coefficient (Wildman–Crippen LogP) is 5.80. The Hall–Kier alpha value is -3.02. The molecule has 2 fully saturated rings. The van der Waals surface area contributed by atoms with Gasteiger partial charge in [0.25, 0.3) is 5.91 Å². The van der Waals surface area contributed by atoms with Gasteiger partial charge in [-0.25, -0.2) is 13.2 Å². The maximum atomic E-state index is 13.8. The minimum absolute atomic E-state index is 0.210. The van der Waals surface area contributed by atoms with Crippen molar-refractivity contribution in [3.05, 3.63) is 69.5 Å². The van der Waals surface area contributed by atoms with Gasteiger partial charge in [0.1, 0.15) is 11.6 Å². The second-order valence-electron chi connectivity index (χ2n) is 8.57. The molecule has 2 aliphatic rings.